The van der Waals surface area contributed by atoms with E-state index >= 15 is 0 Å². The molecule has 0 unspecified atom stereocenters. The Balaban J connectivity index is 2.92. The van der Waals surface area contributed by atoms with E-state index in [-0.39, 0.29) is 6.54 Å². The van der Waals surface area contributed by atoms with Crippen molar-refractivity contribution in [2.75, 3.05) is 13.1 Å². The van der Waals surface area contributed by atoms with Crippen molar-refractivity contribution in [1.82, 2.24) is 0 Å². The first-order chi connectivity index (χ1) is 6.27. The third-order valence-corrected chi connectivity index (χ3v) is 2.12. The van der Waals surface area contributed by atoms with E-state index in [1.807, 2.05) is 25.2 Å². The molecule has 0 aliphatic heterocycles. The quantitative estimate of drug-likeness (QED) is 0.671. The van der Waals surface area contributed by atoms with Crippen molar-refractivity contribution in [1.29, 1.82) is 0 Å². The first kappa shape index (κ1) is 9.86. The summed E-state index contributed by atoms with van der Waals surface area (Å²) < 4.78 is 0. The van der Waals surface area contributed by atoms with Gasteiger partial charge in [-0.05, 0) is 24.5 Å². The Hall–Kier alpha value is -1.22. The molecule has 0 amide bonds. The molecule has 0 radical (unpaired) electrons. The van der Waals surface area contributed by atoms with Crippen molar-refractivity contribution in [3.05, 3.63) is 39.9 Å². The van der Waals surface area contributed by atoms with Gasteiger partial charge in [0.15, 0.2) is 0 Å². The molecule has 1 rings (SSSR count). The number of allylic oxidation sites excluding steroid dienone is 3. The van der Waals surface area contributed by atoms with E-state index in [1.54, 1.807) is 0 Å². The van der Waals surface area contributed by atoms with Gasteiger partial charge in [-0.15, -0.1) is 0 Å². The topological polar surface area (TPSA) is 55.5 Å². The molecular formula is C10H14N2O. The molecule has 0 fully saturated rings. The third-order valence-electron chi connectivity index (χ3n) is 2.12. The van der Waals surface area contributed by atoms with E-state index in [0.29, 0.717) is 6.54 Å². The largest absolute Gasteiger partial charge is 0.327 e. The van der Waals surface area contributed by atoms with Gasteiger partial charge in [-0.1, -0.05) is 29.0 Å². The maximum Gasteiger partial charge on any atom is 0.106 e. The molecule has 1 aliphatic carbocycles. The lowest BCUT2D eigenvalue weighted by atomic mass is 10.1. The first-order valence-corrected chi connectivity index (χ1v) is 4.33. The van der Waals surface area contributed by atoms with Gasteiger partial charge in [-0.2, -0.15) is 4.91 Å². The standard InChI is InChI=1S/C10H14N2O/c1-8-5-9(6-11)3-2-4-10(8)7-12-13/h2,4-5H,3,6-7,11H2,1H3. The molecule has 0 saturated heterocycles. The first-order valence-electron chi connectivity index (χ1n) is 4.33. The zero-order chi connectivity index (χ0) is 9.68. The Bertz CT molecular complexity index is 287. The smallest absolute Gasteiger partial charge is 0.106 e. The monoisotopic (exact) mass is 178 g/mol. The molecule has 1 aliphatic rings. The fourth-order valence-corrected chi connectivity index (χ4v) is 1.33. The number of hydrogen-bond acceptors (Lipinski definition) is 3. The number of hydrogen-bond donors (Lipinski definition) is 1. The lowest BCUT2D eigenvalue weighted by molar-refractivity contribution is 1.07. The molecule has 13 heavy (non-hydrogen) atoms. The molecule has 0 saturated carbocycles. The van der Waals surface area contributed by atoms with Crippen LogP contribution in [0, 0.1) is 4.91 Å². The summed E-state index contributed by atoms with van der Waals surface area (Å²) in [4.78, 5) is 10.1. The predicted octanol–water partition coefficient (Wildman–Crippen LogP) is 1.91. The predicted molar refractivity (Wildman–Crippen MR) is 54.3 cm³/mol. The second-order valence-electron chi connectivity index (χ2n) is 3.11. The number of nitrogens with two attached hydrogens (primary N) is 1. The van der Waals surface area contributed by atoms with Gasteiger partial charge < -0.3 is 5.73 Å². The van der Waals surface area contributed by atoms with Crippen LogP contribution in [0.25, 0.3) is 0 Å². The second-order valence-corrected chi connectivity index (χ2v) is 3.11. The highest BCUT2D eigenvalue weighted by Gasteiger charge is 2.02. The summed E-state index contributed by atoms with van der Waals surface area (Å²) in [5.41, 5.74) is 8.81. The van der Waals surface area contributed by atoms with Crippen LogP contribution in [-0.2, 0) is 0 Å². The Labute approximate surface area is 78.0 Å². The zero-order valence-corrected chi connectivity index (χ0v) is 7.79. The molecule has 0 heterocycles. The normalized spacial score (nSPS) is 16.9. The van der Waals surface area contributed by atoms with E-state index in [1.165, 1.54) is 5.57 Å². The maximum absolute atomic E-state index is 10.1. The van der Waals surface area contributed by atoms with Gasteiger partial charge in [0.2, 0.25) is 0 Å². The number of nitroso groups, excluding NO2 is 1. The highest BCUT2D eigenvalue weighted by Crippen LogP contribution is 2.16. The van der Waals surface area contributed by atoms with Gasteiger partial charge in [-0.3, -0.25) is 0 Å². The molecular weight excluding hydrogens is 164 g/mol. The van der Waals surface area contributed by atoms with Gasteiger partial charge in [-0.25, -0.2) is 0 Å². The minimum atomic E-state index is 0.247. The van der Waals surface area contributed by atoms with Crippen LogP contribution in [0.15, 0.2) is 40.1 Å². The van der Waals surface area contributed by atoms with Crippen molar-refractivity contribution in [2.45, 2.75) is 13.3 Å². The van der Waals surface area contributed by atoms with E-state index in [9.17, 15) is 4.91 Å². The van der Waals surface area contributed by atoms with Crippen molar-refractivity contribution in [3.8, 4) is 0 Å². The van der Waals surface area contributed by atoms with E-state index < -0.39 is 0 Å². The van der Waals surface area contributed by atoms with Gasteiger partial charge in [0.25, 0.3) is 0 Å². The molecule has 0 aromatic heterocycles. The van der Waals surface area contributed by atoms with Gasteiger partial charge in [0.05, 0.1) is 0 Å². The van der Waals surface area contributed by atoms with Gasteiger partial charge in [0.1, 0.15) is 6.54 Å². The summed E-state index contributed by atoms with van der Waals surface area (Å²) in [5.74, 6) is 0. The average molecular weight is 178 g/mol. The third kappa shape index (κ3) is 2.63. The summed E-state index contributed by atoms with van der Waals surface area (Å²) >= 11 is 0. The summed E-state index contributed by atoms with van der Waals surface area (Å²) in [6.45, 7) is 2.80. The van der Waals surface area contributed by atoms with Crippen molar-refractivity contribution < 1.29 is 0 Å². The summed E-state index contributed by atoms with van der Waals surface area (Å²) in [5, 5.41) is 2.88. The van der Waals surface area contributed by atoms with E-state index in [2.05, 4.69) is 5.18 Å². The Kier molecular flexibility index (Phi) is 3.58. The molecule has 0 aromatic carbocycles. The SMILES string of the molecule is CC1=C(CN=O)C=CCC(CN)=C1. The highest BCUT2D eigenvalue weighted by molar-refractivity contribution is 5.38. The van der Waals surface area contributed by atoms with Crippen LogP contribution in [0.5, 0.6) is 0 Å². The van der Waals surface area contributed by atoms with Gasteiger partial charge >= 0.3 is 0 Å². The average Bonchev–Trinajstić information content (AvgIpc) is 2.30. The van der Waals surface area contributed by atoms with Crippen molar-refractivity contribution >= 4 is 0 Å². The van der Waals surface area contributed by atoms with Crippen LogP contribution in [-0.4, -0.2) is 13.1 Å². The minimum Gasteiger partial charge on any atom is -0.327 e. The lowest BCUT2D eigenvalue weighted by Gasteiger charge is -1.99. The van der Waals surface area contributed by atoms with Crippen LogP contribution >= 0.6 is 0 Å². The fourth-order valence-electron chi connectivity index (χ4n) is 1.33. The fraction of sp³-hybridized carbons (Fsp3) is 0.400. The van der Waals surface area contributed by atoms with Crippen LogP contribution in [0.4, 0.5) is 0 Å². The van der Waals surface area contributed by atoms with Crippen molar-refractivity contribution in [3.63, 3.8) is 0 Å². The molecule has 3 heteroatoms. The summed E-state index contributed by atoms with van der Waals surface area (Å²) in [6, 6.07) is 0. The summed E-state index contributed by atoms with van der Waals surface area (Å²) in [7, 11) is 0. The van der Waals surface area contributed by atoms with E-state index in [4.69, 9.17) is 5.73 Å². The number of rotatable bonds is 3. The van der Waals surface area contributed by atoms with Gasteiger partial charge in [0, 0.05) is 6.54 Å². The van der Waals surface area contributed by atoms with Crippen LogP contribution < -0.4 is 5.73 Å². The molecule has 0 atom stereocenters. The minimum absolute atomic E-state index is 0.247. The van der Waals surface area contributed by atoms with Crippen LogP contribution in [0.2, 0.25) is 0 Å². The lowest BCUT2D eigenvalue weighted by Crippen LogP contribution is -2.02. The van der Waals surface area contributed by atoms with Crippen molar-refractivity contribution in [2.24, 2.45) is 10.9 Å². The molecule has 70 valence electrons. The second kappa shape index (κ2) is 4.72. The van der Waals surface area contributed by atoms with Crippen LogP contribution in [0.3, 0.4) is 0 Å². The Morgan fingerprint density at radius 2 is 2.38 bits per heavy atom. The maximum atomic E-state index is 10.1. The van der Waals surface area contributed by atoms with E-state index in [0.717, 1.165) is 17.6 Å². The molecule has 2 N–H and O–H groups in total. The molecule has 3 nitrogen and oxygen atoms in total. The molecule has 0 bridgehead atoms. The zero-order valence-electron chi connectivity index (χ0n) is 7.79. The molecule has 0 aromatic rings. The Morgan fingerprint density at radius 3 is 3.00 bits per heavy atom. The highest BCUT2D eigenvalue weighted by atomic mass is 16.3. The Morgan fingerprint density at radius 1 is 1.62 bits per heavy atom. The number of nitrogens with zero attached hydrogens (tertiary/aromatic N) is 1. The van der Waals surface area contributed by atoms with Crippen LogP contribution in [0.1, 0.15) is 13.3 Å². The summed E-state index contributed by atoms with van der Waals surface area (Å²) in [6.07, 6.45) is 6.89. The molecule has 0 spiro atoms.